The van der Waals surface area contributed by atoms with Gasteiger partial charge in [-0.1, -0.05) is 29.0 Å². The van der Waals surface area contributed by atoms with Crippen molar-refractivity contribution in [1.82, 2.24) is 0 Å². The smallest absolute Gasteiger partial charge is 0.00524 e. The predicted molar refractivity (Wildman–Crippen MR) is 48.8 cm³/mol. The van der Waals surface area contributed by atoms with Gasteiger partial charge in [0.1, 0.15) is 0 Å². The summed E-state index contributed by atoms with van der Waals surface area (Å²) in [5.74, 6) is 0. The van der Waals surface area contributed by atoms with E-state index in [9.17, 15) is 0 Å². The van der Waals surface area contributed by atoms with Crippen LogP contribution in [-0.4, -0.2) is 11.0 Å². The number of hydrogen-bond donors (Lipinski definition) is 1. The molecule has 1 nitrogen and oxygen atoms in total. The summed E-state index contributed by atoms with van der Waals surface area (Å²) in [6, 6.07) is 0. The van der Waals surface area contributed by atoms with E-state index in [0.29, 0.717) is 5.41 Å². The quantitative estimate of drug-likeness (QED) is 0.591. The molecule has 0 atom stereocenters. The number of hydrogen-bond acceptors (Lipinski definition) is 1. The molecule has 0 radical (unpaired) electrons. The van der Waals surface area contributed by atoms with Crippen molar-refractivity contribution in [2.45, 2.75) is 25.7 Å². The maximum atomic E-state index is 5.50. The summed E-state index contributed by atoms with van der Waals surface area (Å²) in [7, 11) is 0. The monoisotopic (exact) mass is 239 g/mol. The Labute approximate surface area is 70.5 Å². The van der Waals surface area contributed by atoms with Gasteiger partial charge < -0.3 is 5.73 Å². The second-order valence-corrected chi connectivity index (χ2v) is 3.79. The molecule has 0 saturated heterocycles. The third-order valence-electron chi connectivity index (χ3n) is 2.37. The van der Waals surface area contributed by atoms with Gasteiger partial charge in [0.15, 0.2) is 0 Å². The lowest BCUT2D eigenvalue weighted by Gasteiger charge is -2.40. The molecule has 0 unspecified atom stereocenters. The fourth-order valence-electron chi connectivity index (χ4n) is 1.43. The van der Waals surface area contributed by atoms with Gasteiger partial charge in [-0.2, -0.15) is 0 Å². The number of rotatable bonds is 3. The number of alkyl halides is 1. The van der Waals surface area contributed by atoms with Crippen molar-refractivity contribution in [3.8, 4) is 0 Å². The molecule has 0 aromatic carbocycles. The summed E-state index contributed by atoms with van der Waals surface area (Å²) < 4.78 is 1.31. The second kappa shape index (κ2) is 3.19. The first kappa shape index (κ1) is 7.79. The Morgan fingerprint density at radius 3 is 2.22 bits per heavy atom. The number of halogens is 1. The molecule has 54 valence electrons. The lowest BCUT2D eigenvalue weighted by Crippen LogP contribution is -2.33. The first-order valence-electron chi connectivity index (χ1n) is 3.59. The highest BCUT2D eigenvalue weighted by atomic mass is 127. The van der Waals surface area contributed by atoms with Gasteiger partial charge >= 0.3 is 0 Å². The van der Waals surface area contributed by atoms with Crippen molar-refractivity contribution >= 4 is 22.6 Å². The summed E-state index contributed by atoms with van der Waals surface area (Å²) in [6.07, 6.45) is 5.53. The number of nitrogens with two attached hydrogens (primary N) is 1. The Morgan fingerprint density at radius 1 is 1.44 bits per heavy atom. The van der Waals surface area contributed by atoms with Crippen LogP contribution in [0.3, 0.4) is 0 Å². The third-order valence-corrected chi connectivity index (χ3v) is 3.99. The standard InChI is InChI=1S/C7H14IN/c8-6-7(4-5-9)2-1-3-7/h1-6,9H2. The molecule has 9 heavy (non-hydrogen) atoms. The van der Waals surface area contributed by atoms with Crippen molar-refractivity contribution < 1.29 is 0 Å². The summed E-state index contributed by atoms with van der Waals surface area (Å²) >= 11 is 2.49. The SMILES string of the molecule is NCCC1(CI)CCC1. The van der Waals surface area contributed by atoms with E-state index in [-0.39, 0.29) is 0 Å². The molecule has 0 aromatic heterocycles. The molecule has 2 N–H and O–H groups in total. The molecule has 1 aliphatic carbocycles. The third kappa shape index (κ3) is 1.58. The highest BCUT2D eigenvalue weighted by Gasteiger charge is 2.34. The van der Waals surface area contributed by atoms with Crippen molar-refractivity contribution in [3.05, 3.63) is 0 Å². The molecule has 1 rings (SSSR count). The van der Waals surface area contributed by atoms with Gasteiger partial charge in [0, 0.05) is 4.43 Å². The fraction of sp³-hybridized carbons (Fsp3) is 1.00. The lowest BCUT2D eigenvalue weighted by molar-refractivity contribution is 0.161. The van der Waals surface area contributed by atoms with Gasteiger partial charge in [-0.25, -0.2) is 0 Å². The van der Waals surface area contributed by atoms with E-state index in [0.717, 1.165) is 6.54 Å². The highest BCUT2D eigenvalue weighted by Crippen LogP contribution is 2.44. The topological polar surface area (TPSA) is 26.0 Å². The van der Waals surface area contributed by atoms with E-state index < -0.39 is 0 Å². The highest BCUT2D eigenvalue weighted by molar-refractivity contribution is 14.1. The Kier molecular flexibility index (Phi) is 2.76. The maximum absolute atomic E-state index is 5.50. The zero-order chi connectivity index (χ0) is 6.74. The van der Waals surface area contributed by atoms with Crippen LogP contribution in [0.4, 0.5) is 0 Å². The summed E-state index contributed by atoms with van der Waals surface area (Å²) in [5, 5.41) is 0. The molecule has 0 spiro atoms. The minimum atomic E-state index is 0.676. The Hall–Kier alpha value is 0.690. The maximum Gasteiger partial charge on any atom is 0.00524 e. The van der Waals surface area contributed by atoms with Gasteiger partial charge in [0.25, 0.3) is 0 Å². The molecule has 0 amide bonds. The van der Waals surface area contributed by atoms with Crippen molar-refractivity contribution in [1.29, 1.82) is 0 Å². The van der Waals surface area contributed by atoms with Crippen LogP contribution >= 0.6 is 22.6 Å². The molecule has 1 aliphatic rings. The van der Waals surface area contributed by atoms with Crippen LogP contribution in [0.5, 0.6) is 0 Å². The fourth-order valence-corrected chi connectivity index (χ4v) is 2.58. The molecule has 0 heterocycles. The minimum Gasteiger partial charge on any atom is -0.330 e. The van der Waals surface area contributed by atoms with E-state index in [2.05, 4.69) is 22.6 Å². The van der Waals surface area contributed by atoms with Crippen LogP contribution < -0.4 is 5.73 Å². The first-order valence-corrected chi connectivity index (χ1v) is 5.12. The zero-order valence-corrected chi connectivity index (χ0v) is 7.86. The molecule has 2 heteroatoms. The minimum absolute atomic E-state index is 0.676. The van der Waals surface area contributed by atoms with Crippen molar-refractivity contribution in [2.75, 3.05) is 11.0 Å². The van der Waals surface area contributed by atoms with Gasteiger partial charge in [-0.3, -0.25) is 0 Å². The molecular weight excluding hydrogens is 225 g/mol. The molecule has 1 saturated carbocycles. The van der Waals surface area contributed by atoms with Crippen LogP contribution in [0.25, 0.3) is 0 Å². The summed E-state index contributed by atoms with van der Waals surface area (Å²) in [5.41, 5.74) is 6.17. The van der Waals surface area contributed by atoms with Crippen LogP contribution in [-0.2, 0) is 0 Å². The largest absolute Gasteiger partial charge is 0.330 e. The van der Waals surface area contributed by atoms with Gasteiger partial charge in [0.05, 0.1) is 0 Å². The van der Waals surface area contributed by atoms with Gasteiger partial charge in [-0.15, -0.1) is 0 Å². The van der Waals surface area contributed by atoms with Crippen LogP contribution in [0.15, 0.2) is 0 Å². The first-order chi connectivity index (χ1) is 4.33. The molecule has 0 bridgehead atoms. The van der Waals surface area contributed by atoms with E-state index >= 15 is 0 Å². The van der Waals surface area contributed by atoms with E-state index in [1.807, 2.05) is 0 Å². The van der Waals surface area contributed by atoms with E-state index in [4.69, 9.17) is 5.73 Å². The lowest BCUT2D eigenvalue weighted by atomic mass is 9.68. The van der Waals surface area contributed by atoms with E-state index in [1.54, 1.807) is 0 Å². The van der Waals surface area contributed by atoms with Crippen molar-refractivity contribution in [2.24, 2.45) is 11.1 Å². The molecule has 1 fully saturated rings. The molecular formula is C7H14IN. The Morgan fingerprint density at radius 2 is 2.11 bits per heavy atom. The molecule has 0 aromatic rings. The van der Waals surface area contributed by atoms with Crippen LogP contribution in [0.1, 0.15) is 25.7 Å². The Balaban J connectivity index is 2.28. The second-order valence-electron chi connectivity index (χ2n) is 3.03. The molecule has 0 aliphatic heterocycles. The summed E-state index contributed by atoms with van der Waals surface area (Å²) in [6.45, 7) is 0.878. The van der Waals surface area contributed by atoms with Crippen LogP contribution in [0.2, 0.25) is 0 Å². The van der Waals surface area contributed by atoms with Gasteiger partial charge in [0.2, 0.25) is 0 Å². The van der Waals surface area contributed by atoms with Crippen LogP contribution in [0, 0.1) is 5.41 Å². The van der Waals surface area contributed by atoms with E-state index in [1.165, 1.54) is 30.1 Å². The summed E-state index contributed by atoms with van der Waals surface area (Å²) in [4.78, 5) is 0. The predicted octanol–water partition coefficient (Wildman–Crippen LogP) is 1.94. The normalized spacial score (nSPS) is 23.3. The van der Waals surface area contributed by atoms with Crippen molar-refractivity contribution in [3.63, 3.8) is 0 Å². The van der Waals surface area contributed by atoms with Gasteiger partial charge in [-0.05, 0) is 31.2 Å². The average Bonchev–Trinajstić information content (AvgIpc) is 1.79. The average molecular weight is 239 g/mol. The zero-order valence-electron chi connectivity index (χ0n) is 5.70. The Bertz CT molecular complexity index is 83.4.